The Balaban J connectivity index is 0.000000858. The van der Waals surface area contributed by atoms with E-state index in [0.717, 1.165) is 17.1 Å². The molecule has 1 aromatic heterocycles. The quantitative estimate of drug-likeness (QED) is 0.456. The van der Waals surface area contributed by atoms with Gasteiger partial charge in [0.15, 0.2) is 0 Å². The van der Waals surface area contributed by atoms with Gasteiger partial charge in [-0.2, -0.15) is 0 Å². The number of nitrogens with zero attached hydrogens (tertiary/aromatic N) is 3. The van der Waals surface area contributed by atoms with Crippen LogP contribution >= 0.6 is 11.6 Å². The molecule has 0 radical (unpaired) electrons. The average Bonchev–Trinajstić information content (AvgIpc) is 2.76. The van der Waals surface area contributed by atoms with Crippen molar-refractivity contribution in [2.24, 2.45) is 0 Å². The number of benzene rings is 3. The molecule has 0 saturated heterocycles. The summed E-state index contributed by atoms with van der Waals surface area (Å²) < 4.78 is 1.57. The first-order valence-electron chi connectivity index (χ1n) is 9.34. The number of nitrogens with one attached hydrogen (secondary N) is 1. The lowest BCUT2D eigenvalue weighted by atomic mass is 10.2. The Hall–Kier alpha value is -3.84. The van der Waals surface area contributed by atoms with Crippen LogP contribution < -0.4 is 15.8 Å². The summed E-state index contributed by atoms with van der Waals surface area (Å²) in [5.74, 6) is 0.448. The number of halogens is 1. The van der Waals surface area contributed by atoms with E-state index < -0.39 is 0 Å². The Morgan fingerprint density at radius 2 is 1.68 bits per heavy atom. The zero-order valence-corrected chi connectivity index (χ0v) is 17.7. The molecule has 0 spiro atoms. The van der Waals surface area contributed by atoms with Crippen LogP contribution in [0.3, 0.4) is 0 Å². The zero-order valence-electron chi connectivity index (χ0n) is 17.0. The van der Waals surface area contributed by atoms with E-state index >= 15 is 0 Å². The van der Waals surface area contributed by atoms with Crippen LogP contribution in [0.25, 0.3) is 16.6 Å². The zero-order chi connectivity index (χ0) is 22.4. The maximum Gasteiger partial charge on any atom is 0.290 e. The second-order valence-corrected chi connectivity index (χ2v) is 7.18. The molecule has 0 fully saturated rings. The monoisotopic (exact) mass is 436 g/mol. The summed E-state index contributed by atoms with van der Waals surface area (Å²) in [6.45, 7) is -0.250. The minimum absolute atomic E-state index is 0.175. The molecule has 3 aromatic carbocycles. The number of aromatic nitrogens is 2. The van der Waals surface area contributed by atoms with Crippen molar-refractivity contribution in [2.75, 3.05) is 24.3 Å². The van der Waals surface area contributed by atoms with Gasteiger partial charge in [0.25, 0.3) is 12.0 Å². The first-order chi connectivity index (χ1) is 14.9. The number of anilines is 3. The molecular formula is C23H21ClN4O3. The van der Waals surface area contributed by atoms with Gasteiger partial charge in [-0.25, -0.2) is 9.55 Å². The van der Waals surface area contributed by atoms with E-state index in [1.165, 1.54) is 0 Å². The lowest BCUT2D eigenvalue weighted by Crippen LogP contribution is -2.22. The second kappa shape index (κ2) is 9.77. The van der Waals surface area contributed by atoms with Crippen molar-refractivity contribution < 1.29 is 9.90 Å². The number of fused-ring (bicyclic) bond motifs is 1. The number of hydrogen-bond acceptors (Lipinski definition) is 5. The molecule has 8 heteroatoms. The largest absolute Gasteiger partial charge is 0.483 e. The van der Waals surface area contributed by atoms with Crippen LogP contribution in [0, 0.1) is 0 Å². The van der Waals surface area contributed by atoms with E-state index in [2.05, 4.69) is 10.3 Å². The Labute approximate surface area is 184 Å². The SMILES string of the molecule is CN(C)c1ccc(Nc2nc3ccc(Cl)cc3c(=O)n2-c2ccccc2)cc1.O=CO. The van der Waals surface area contributed by atoms with E-state index in [9.17, 15) is 4.79 Å². The van der Waals surface area contributed by atoms with E-state index in [0.29, 0.717) is 21.9 Å². The smallest absolute Gasteiger partial charge is 0.290 e. The van der Waals surface area contributed by atoms with E-state index in [4.69, 9.17) is 21.5 Å². The number of para-hydroxylation sites is 1. The van der Waals surface area contributed by atoms with E-state index in [1.807, 2.05) is 73.6 Å². The highest BCUT2D eigenvalue weighted by atomic mass is 35.5. The van der Waals surface area contributed by atoms with Crippen LogP contribution in [0.2, 0.25) is 5.02 Å². The lowest BCUT2D eigenvalue weighted by molar-refractivity contribution is -0.122. The van der Waals surface area contributed by atoms with Crippen LogP contribution in [0.4, 0.5) is 17.3 Å². The van der Waals surface area contributed by atoms with Gasteiger partial charge in [-0.3, -0.25) is 9.59 Å². The van der Waals surface area contributed by atoms with Crippen LogP contribution in [-0.2, 0) is 4.79 Å². The number of hydrogen-bond donors (Lipinski definition) is 2. The summed E-state index contributed by atoms with van der Waals surface area (Å²) in [6.07, 6.45) is 0. The summed E-state index contributed by atoms with van der Waals surface area (Å²) in [7, 11) is 3.98. The van der Waals surface area contributed by atoms with Crippen molar-refractivity contribution in [3.05, 3.63) is 88.2 Å². The Morgan fingerprint density at radius 3 is 2.29 bits per heavy atom. The Morgan fingerprint density at radius 1 is 1.03 bits per heavy atom. The van der Waals surface area contributed by atoms with Gasteiger partial charge >= 0.3 is 0 Å². The summed E-state index contributed by atoms with van der Waals surface area (Å²) in [6, 6.07) is 22.5. The predicted molar refractivity (Wildman–Crippen MR) is 125 cm³/mol. The number of carboxylic acid groups (broad SMARTS) is 1. The maximum atomic E-state index is 13.3. The van der Waals surface area contributed by atoms with Crippen molar-refractivity contribution in [1.82, 2.24) is 9.55 Å². The normalized spacial score (nSPS) is 10.2. The predicted octanol–water partition coefficient (Wildman–Crippen LogP) is 4.55. The maximum absolute atomic E-state index is 13.3. The molecule has 0 aliphatic carbocycles. The standard InChI is InChI=1S/C22H19ClN4O.CH2O2/c1-26(2)17-11-9-16(10-12-17)24-22-25-20-13-8-15(23)14-19(20)21(28)27(22)18-6-4-3-5-7-18;2-1-3/h3-14H,1-2H3,(H,24,25);1H,(H,2,3). The molecule has 0 aliphatic rings. The third-order valence-electron chi connectivity index (χ3n) is 4.48. The van der Waals surface area contributed by atoms with Crippen molar-refractivity contribution >= 4 is 46.3 Å². The fraction of sp³-hybridized carbons (Fsp3) is 0.0870. The van der Waals surface area contributed by atoms with E-state index in [-0.39, 0.29) is 12.0 Å². The van der Waals surface area contributed by atoms with Crippen molar-refractivity contribution in [1.29, 1.82) is 0 Å². The second-order valence-electron chi connectivity index (χ2n) is 6.74. The van der Waals surface area contributed by atoms with Crippen molar-refractivity contribution in [2.45, 2.75) is 0 Å². The Bertz CT molecular complexity index is 1240. The van der Waals surface area contributed by atoms with Crippen LogP contribution in [0.1, 0.15) is 0 Å². The molecule has 31 heavy (non-hydrogen) atoms. The van der Waals surface area contributed by atoms with Gasteiger partial charge in [0.2, 0.25) is 5.95 Å². The van der Waals surface area contributed by atoms with Gasteiger partial charge in [-0.05, 0) is 54.6 Å². The van der Waals surface area contributed by atoms with Gasteiger partial charge in [-0.15, -0.1) is 0 Å². The molecular weight excluding hydrogens is 416 g/mol. The summed E-state index contributed by atoms with van der Waals surface area (Å²) in [5, 5.41) is 11.2. The topological polar surface area (TPSA) is 87.5 Å². The van der Waals surface area contributed by atoms with Gasteiger partial charge in [0.05, 0.1) is 16.6 Å². The molecule has 158 valence electrons. The molecule has 0 saturated carbocycles. The third-order valence-corrected chi connectivity index (χ3v) is 4.72. The van der Waals surface area contributed by atoms with Crippen molar-refractivity contribution in [3.8, 4) is 5.69 Å². The average molecular weight is 437 g/mol. The molecule has 1 heterocycles. The lowest BCUT2D eigenvalue weighted by Gasteiger charge is -2.16. The van der Waals surface area contributed by atoms with Crippen LogP contribution in [-0.4, -0.2) is 35.2 Å². The molecule has 4 aromatic rings. The minimum atomic E-state index is -0.250. The highest BCUT2D eigenvalue weighted by Gasteiger charge is 2.13. The fourth-order valence-corrected chi connectivity index (χ4v) is 3.20. The summed E-state index contributed by atoms with van der Waals surface area (Å²) in [5.41, 5.74) is 3.08. The molecule has 0 unspecified atom stereocenters. The molecule has 2 N–H and O–H groups in total. The van der Waals surface area contributed by atoms with Gasteiger partial charge in [0.1, 0.15) is 0 Å². The highest BCUT2D eigenvalue weighted by Crippen LogP contribution is 2.23. The Kier molecular flexibility index (Phi) is 6.89. The summed E-state index contributed by atoms with van der Waals surface area (Å²) >= 11 is 6.10. The molecule has 4 rings (SSSR count). The molecule has 0 aliphatic heterocycles. The van der Waals surface area contributed by atoms with Gasteiger partial charge in [-0.1, -0.05) is 29.8 Å². The summed E-state index contributed by atoms with van der Waals surface area (Å²) in [4.78, 5) is 28.3. The molecule has 0 amide bonds. The van der Waals surface area contributed by atoms with Crippen LogP contribution in [0.15, 0.2) is 77.6 Å². The number of rotatable bonds is 4. The minimum Gasteiger partial charge on any atom is -0.483 e. The fourth-order valence-electron chi connectivity index (χ4n) is 3.03. The first kappa shape index (κ1) is 21.9. The van der Waals surface area contributed by atoms with Gasteiger partial charge < -0.3 is 15.3 Å². The number of carbonyl (C=O) groups is 1. The van der Waals surface area contributed by atoms with E-state index in [1.54, 1.807) is 22.8 Å². The van der Waals surface area contributed by atoms with Gasteiger partial charge in [0, 0.05) is 30.5 Å². The highest BCUT2D eigenvalue weighted by molar-refractivity contribution is 6.31. The molecule has 0 atom stereocenters. The first-order valence-corrected chi connectivity index (χ1v) is 9.72. The third kappa shape index (κ3) is 5.02. The van der Waals surface area contributed by atoms with Crippen LogP contribution in [0.5, 0.6) is 0 Å². The molecule has 0 bridgehead atoms. The van der Waals surface area contributed by atoms with Crippen molar-refractivity contribution in [3.63, 3.8) is 0 Å². The molecule has 7 nitrogen and oxygen atoms in total.